The van der Waals surface area contributed by atoms with Gasteiger partial charge in [0.05, 0.1) is 28.6 Å². The van der Waals surface area contributed by atoms with E-state index in [0.717, 1.165) is 24.2 Å². The second-order valence-electron chi connectivity index (χ2n) is 4.34. The van der Waals surface area contributed by atoms with Crippen LogP contribution in [0.5, 0.6) is 0 Å². The van der Waals surface area contributed by atoms with Crippen molar-refractivity contribution < 1.29 is 0 Å². The van der Waals surface area contributed by atoms with Crippen molar-refractivity contribution in [2.24, 2.45) is 0 Å². The predicted octanol–water partition coefficient (Wildman–Crippen LogP) is 2.11. The first-order valence-corrected chi connectivity index (χ1v) is 6.23. The fourth-order valence-electron chi connectivity index (χ4n) is 1.86. The highest BCUT2D eigenvalue weighted by Gasteiger charge is 2.03. The molecule has 1 aromatic carbocycles. The van der Waals surface area contributed by atoms with E-state index in [2.05, 4.69) is 22.2 Å². The largest absolute Gasteiger partial charge is 0.397 e. The lowest BCUT2D eigenvalue weighted by atomic mass is 10.2. The number of hydrogen-bond acceptors (Lipinski definition) is 4. The molecule has 0 radical (unpaired) electrons. The van der Waals surface area contributed by atoms with E-state index in [1.807, 2.05) is 6.07 Å². The molecule has 0 atom stereocenters. The lowest BCUT2D eigenvalue weighted by Gasteiger charge is -2.10. The molecule has 5 nitrogen and oxygen atoms in total. The summed E-state index contributed by atoms with van der Waals surface area (Å²) in [7, 11) is 0. The van der Waals surface area contributed by atoms with Crippen molar-refractivity contribution in [2.75, 3.05) is 17.6 Å². The summed E-state index contributed by atoms with van der Waals surface area (Å²) in [5.74, 6) is 0. The number of benzene rings is 1. The topological polar surface area (TPSA) is 83.8 Å². The van der Waals surface area contributed by atoms with Gasteiger partial charge in [-0.2, -0.15) is 0 Å². The number of H-pyrrole nitrogens is 1. The highest BCUT2D eigenvalue weighted by atomic mass is 16.1. The molecule has 96 valence electrons. The Balaban J connectivity index is 2.21. The monoisotopic (exact) mass is 246 g/mol. The van der Waals surface area contributed by atoms with Crippen molar-refractivity contribution in [3.05, 3.63) is 28.7 Å². The first-order valence-electron chi connectivity index (χ1n) is 6.23. The average Bonchev–Trinajstić information content (AvgIpc) is 2.35. The van der Waals surface area contributed by atoms with E-state index >= 15 is 0 Å². The van der Waals surface area contributed by atoms with Gasteiger partial charge in [-0.25, -0.2) is 4.98 Å². The molecule has 0 saturated heterocycles. The molecule has 1 heterocycles. The molecule has 1 aromatic heterocycles. The van der Waals surface area contributed by atoms with Crippen molar-refractivity contribution in [3.63, 3.8) is 0 Å². The molecule has 0 bridgehead atoms. The van der Waals surface area contributed by atoms with Crippen LogP contribution in [0.4, 0.5) is 11.4 Å². The molecule has 0 unspecified atom stereocenters. The van der Waals surface area contributed by atoms with E-state index in [0.29, 0.717) is 11.2 Å². The Bertz CT molecular complexity index is 591. The van der Waals surface area contributed by atoms with Gasteiger partial charge < -0.3 is 16.0 Å². The number of rotatable bonds is 5. The molecule has 2 aromatic rings. The van der Waals surface area contributed by atoms with Crippen molar-refractivity contribution in [1.29, 1.82) is 0 Å². The molecule has 4 N–H and O–H groups in total. The van der Waals surface area contributed by atoms with Crippen LogP contribution >= 0.6 is 0 Å². The zero-order chi connectivity index (χ0) is 13.0. The van der Waals surface area contributed by atoms with Gasteiger partial charge in [0.1, 0.15) is 0 Å². The Kier molecular flexibility index (Phi) is 3.82. The standard InChI is InChI=1S/C13H18N4O/c1-2-3-4-5-15-10-7-11-12(6-9(10)14)17-13(18)8-16-11/h6-8,15H,2-5,14H2,1H3,(H,17,18). The highest BCUT2D eigenvalue weighted by molar-refractivity contribution is 5.85. The molecule has 0 amide bonds. The molecular weight excluding hydrogens is 228 g/mol. The summed E-state index contributed by atoms with van der Waals surface area (Å²) in [5.41, 5.74) is 8.63. The average molecular weight is 246 g/mol. The maximum atomic E-state index is 11.1. The second-order valence-corrected chi connectivity index (χ2v) is 4.34. The Morgan fingerprint density at radius 3 is 3.00 bits per heavy atom. The van der Waals surface area contributed by atoms with Gasteiger partial charge in [-0.1, -0.05) is 19.8 Å². The van der Waals surface area contributed by atoms with Crippen LogP contribution in [0.3, 0.4) is 0 Å². The molecule has 0 saturated carbocycles. The second kappa shape index (κ2) is 5.53. The van der Waals surface area contributed by atoms with Crippen LogP contribution < -0.4 is 16.6 Å². The van der Waals surface area contributed by atoms with Crippen molar-refractivity contribution >= 4 is 22.4 Å². The van der Waals surface area contributed by atoms with Crippen LogP contribution in [0.1, 0.15) is 26.2 Å². The summed E-state index contributed by atoms with van der Waals surface area (Å²) in [6.45, 7) is 3.07. The maximum Gasteiger partial charge on any atom is 0.266 e. The quantitative estimate of drug-likeness (QED) is 0.557. The summed E-state index contributed by atoms with van der Waals surface area (Å²) in [6, 6.07) is 3.61. The third kappa shape index (κ3) is 2.80. The number of nitrogen functional groups attached to an aromatic ring is 1. The molecule has 2 rings (SSSR count). The molecule has 0 aliphatic carbocycles. The third-order valence-corrected chi connectivity index (χ3v) is 2.84. The lowest BCUT2D eigenvalue weighted by Crippen LogP contribution is -2.08. The Hall–Kier alpha value is -2.04. The molecule has 5 heteroatoms. The minimum atomic E-state index is -0.217. The number of fused-ring (bicyclic) bond motifs is 1. The molecular formula is C13H18N4O. The van der Waals surface area contributed by atoms with Crippen molar-refractivity contribution in [1.82, 2.24) is 9.97 Å². The lowest BCUT2D eigenvalue weighted by molar-refractivity contribution is 0.744. The molecule has 0 aliphatic heterocycles. The van der Waals surface area contributed by atoms with E-state index in [-0.39, 0.29) is 5.56 Å². The van der Waals surface area contributed by atoms with Gasteiger partial charge in [0.2, 0.25) is 0 Å². The Morgan fingerprint density at radius 2 is 2.22 bits per heavy atom. The van der Waals surface area contributed by atoms with Crippen LogP contribution in [-0.4, -0.2) is 16.5 Å². The summed E-state index contributed by atoms with van der Waals surface area (Å²) in [5, 5.41) is 3.30. The molecule has 18 heavy (non-hydrogen) atoms. The first-order chi connectivity index (χ1) is 8.70. The normalized spacial score (nSPS) is 10.7. The van der Waals surface area contributed by atoms with Gasteiger partial charge >= 0.3 is 0 Å². The SMILES string of the molecule is CCCCCNc1cc2ncc(=O)[nH]c2cc1N. The van der Waals surface area contributed by atoms with E-state index < -0.39 is 0 Å². The summed E-state index contributed by atoms with van der Waals surface area (Å²) >= 11 is 0. The zero-order valence-corrected chi connectivity index (χ0v) is 10.5. The van der Waals surface area contributed by atoms with Gasteiger partial charge in [0, 0.05) is 6.54 Å². The number of nitrogens with zero attached hydrogens (tertiary/aromatic N) is 1. The Morgan fingerprint density at radius 1 is 1.39 bits per heavy atom. The van der Waals surface area contributed by atoms with Gasteiger partial charge in [-0.15, -0.1) is 0 Å². The Labute approximate surface area is 105 Å². The van der Waals surface area contributed by atoms with E-state index in [1.165, 1.54) is 19.0 Å². The third-order valence-electron chi connectivity index (χ3n) is 2.84. The van der Waals surface area contributed by atoms with Crippen LogP contribution in [0.15, 0.2) is 23.1 Å². The van der Waals surface area contributed by atoms with Crippen LogP contribution in [-0.2, 0) is 0 Å². The highest BCUT2D eigenvalue weighted by Crippen LogP contribution is 2.23. The van der Waals surface area contributed by atoms with Crippen LogP contribution in [0.2, 0.25) is 0 Å². The fraction of sp³-hybridized carbons (Fsp3) is 0.385. The number of aromatic nitrogens is 2. The molecule has 0 aliphatic rings. The summed E-state index contributed by atoms with van der Waals surface area (Å²) in [4.78, 5) is 17.9. The zero-order valence-electron chi connectivity index (χ0n) is 10.5. The first kappa shape index (κ1) is 12.4. The van der Waals surface area contributed by atoms with Crippen molar-refractivity contribution in [3.8, 4) is 0 Å². The van der Waals surface area contributed by atoms with Crippen molar-refractivity contribution in [2.45, 2.75) is 26.2 Å². The smallest absolute Gasteiger partial charge is 0.266 e. The maximum absolute atomic E-state index is 11.1. The number of nitrogens with one attached hydrogen (secondary N) is 2. The molecule has 0 fully saturated rings. The predicted molar refractivity (Wildman–Crippen MR) is 74.8 cm³/mol. The minimum absolute atomic E-state index is 0.217. The molecule has 0 spiro atoms. The van der Waals surface area contributed by atoms with Gasteiger partial charge in [-0.05, 0) is 18.6 Å². The van der Waals surface area contributed by atoms with Gasteiger partial charge in [-0.3, -0.25) is 4.79 Å². The number of anilines is 2. The number of hydrogen-bond donors (Lipinski definition) is 3. The number of nitrogens with two attached hydrogens (primary N) is 1. The van der Waals surface area contributed by atoms with Crippen LogP contribution in [0, 0.1) is 0 Å². The fourth-order valence-corrected chi connectivity index (χ4v) is 1.86. The van der Waals surface area contributed by atoms with Crippen LogP contribution in [0.25, 0.3) is 11.0 Å². The number of aromatic amines is 1. The summed E-state index contributed by atoms with van der Waals surface area (Å²) in [6.07, 6.45) is 4.79. The minimum Gasteiger partial charge on any atom is -0.397 e. The summed E-state index contributed by atoms with van der Waals surface area (Å²) < 4.78 is 0. The van der Waals surface area contributed by atoms with E-state index in [1.54, 1.807) is 6.07 Å². The van der Waals surface area contributed by atoms with E-state index in [9.17, 15) is 4.79 Å². The number of unbranched alkanes of at least 4 members (excludes halogenated alkanes) is 2. The van der Waals surface area contributed by atoms with E-state index in [4.69, 9.17) is 5.73 Å². The van der Waals surface area contributed by atoms with Gasteiger partial charge in [0.25, 0.3) is 5.56 Å². The van der Waals surface area contributed by atoms with Gasteiger partial charge in [0.15, 0.2) is 0 Å².